The van der Waals surface area contributed by atoms with Crippen LogP contribution in [0.1, 0.15) is 31.8 Å². The molecule has 1 aliphatic rings. The van der Waals surface area contributed by atoms with E-state index >= 15 is 0 Å². The number of ketones is 2. The van der Waals surface area contributed by atoms with Gasteiger partial charge in [-0.15, -0.1) is 0 Å². The van der Waals surface area contributed by atoms with E-state index < -0.39 is 0 Å². The van der Waals surface area contributed by atoms with Gasteiger partial charge in [-0.3, -0.25) is 9.59 Å². The van der Waals surface area contributed by atoms with Crippen LogP contribution in [-0.4, -0.2) is 11.6 Å². The van der Waals surface area contributed by atoms with Gasteiger partial charge in [-0.05, 0) is 37.1 Å². The lowest BCUT2D eigenvalue weighted by Gasteiger charge is -2.19. The van der Waals surface area contributed by atoms with Crippen LogP contribution >= 0.6 is 0 Å². The number of carbonyl (C=O) groups excluding carboxylic acids is 2. The number of Topliss-reactive ketones (excluding diaryl/α,β-unsaturated/α-hetero) is 2. The Labute approximate surface area is 157 Å². The summed E-state index contributed by atoms with van der Waals surface area (Å²) in [7, 11) is 0. The van der Waals surface area contributed by atoms with Gasteiger partial charge in [0.2, 0.25) is 5.78 Å². The van der Waals surface area contributed by atoms with Crippen molar-refractivity contribution in [3.8, 4) is 0 Å². The molecule has 132 valence electrons. The van der Waals surface area contributed by atoms with Gasteiger partial charge in [0.15, 0.2) is 18.1 Å². The first-order valence-electron chi connectivity index (χ1n) is 8.79. The predicted octanol–water partition coefficient (Wildman–Crippen LogP) is 3.95. The van der Waals surface area contributed by atoms with Gasteiger partial charge in [0.25, 0.3) is 11.5 Å². The standard InChI is InChI=1S/C23H18N2O2/c1-15-12-16(2)14-17(13-15)24-20-21(25-10-6-3-7-11-25)23(27)19-9-5-4-8-18(19)22(20)26/h3-14H,1-2H3/p+1. The number of pyridine rings is 1. The summed E-state index contributed by atoms with van der Waals surface area (Å²) in [5.41, 5.74) is 4.44. The van der Waals surface area contributed by atoms with Crippen molar-refractivity contribution >= 4 is 23.0 Å². The molecule has 0 atom stereocenters. The van der Waals surface area contributed by atoms with Crippen molar-refractivity contribution in [3.05, 3.63) is 101 Å². The van der Waals surface area contributed by atoms with Crippen LogP contribution in [0, 0.1) is 13.8 Å². The number of aromatic nitrogens is 1. The summed E-state index contributed by atoms with van der Waals surface area (Å²) in [5.74, 6) is -0.357. The second-order valence-corrected chi connectivity index (χ2v) is 6.71. The topological polar surface area (TPSA) is 50.1 Å². The highest BCUT2D eigenvalue weighted by Gasteiger charge is 2.38. The number of nitrogens with one attached hydrogen (secondary N) is 1. The predicted molar refractivity (Wildman–Crippen MR) is 104 cm³/mol. The second-order valence-electron chi connectivity index (χ2n) is 6.71. The molecule has 3 aromatic rings. The van der Waals surface area contributed by atoms with Crippen molar-refractivity contribution in [2.45, 2.75) is 13.8 Å². The molecule has 0 radical (unpaired) electrons. The summed E-state index contributed by atoms with van der Waals surface area (Å²) < 4.78 is 1.70. The number of nitrogens with zero attached hydrogens (tertiary/aromatic N) is 1. The van der Waals surface area contributed by atoms with E-state index in [4.69, 9.17) is 0 Å². The van der Waals surface area contributed by atoms with Crippen molar-refractivity contribution in [3.63, 3.8) is 0 Å². The quantitative estimate of drug-likeness (QED) is 0.724. The first-order valence-corrected chi connectivity index (χ1v) is 8.79. The molecule has 0 fully saturated rings. The van der Waals surface area contributed by atoms with Crippen LogP contribution in [0.25, 0.3) is 5.70 Å². The molecule has 2 aromatic carbocycles. The number of rotatable bonds is 3. The Kier molecular flexibility index (Phi) is 4.16. The minimum absolute atomic E-state index is 0.173. The third kappa shape index (κ3) is 3.06. The van der Waals surface area contributed by atoms with Gasteiger partial charge >= 0.3 is 0 Å². The molecule has 4 rings (SSSR count). The number of hydrogen-bond acceptors (Lipinski definition) is 3. The average molecular weight is 355 g/mol. The third-order valence-corrected chi connectivity index (χ3v) is 4.56. The summed E-state index contributed by atoms with van der Waals surface area (Å²) in [6.45, 7) is 4.01. The molecule has 1 heterocycles. The van der Waals surface area contributed by atoms with E-state index in [1.165, 1.54) is 0 Å². The van der Waals surface area contributed by atoms with Crippen molar-refractivity contribution in [2.24, 2.45) is 0 Å². The van der Waals surface area contributed by atoms with E-state index in [1.807, 2.05) is 44.2 Å². The van der Waals surface area contributed by atoms with E-state index in [1.54, 1.807) is 41.2 Å². The Morgan fingerprint density at radius 1 is 0.741 bits per heavy atom. The third-order valence-electron chi connectivity index (χ3n) is 4.56. The molecule has 0 aliphatic heterocycles. The fourth-order valence-electron chi connectivity index (χ4n) is 3.46. The van der Waals surface area contributed by atoms with Crippen molar-refractivity contribution in [1.82, 2.24) is 0 Å². The molecular formula is C23H19N2O2+. The zero-order valence-electron chi connectivity index (χ0n) is 15.2. The molecule has 0 spiro atoms. The summed E-state index contributed by atoms with van der Waals surface area (Å²) in [6, 6.07) is 18.5. The highest BCUT2D eigenvalue weighted by molar-refractivity contribution is 6.36. The number of allylic oxidation sites excluding steroid dienone is 2. The normalized spacial score (nSPS) is 13.6. The van der Waals surface area contributed by atoms with Gasteiger partial charge in [-0.2, -0.15) is 4.57 Å². The van der Waals surface area contributed by atoms with Crippen LogP contribution in [0.4, 0.5) is 5.69 Å². The number of anilines is 1. The van der Waals surface area contributed by atoms with Crippen LogP contribution in [0.3, 0.4) is 0 Å². The fraction of sp³-hybridized carbons (Fsp3) is 0.0870. The Hall–Kier alpha value is -3.53. The molecule has 1 aromatic heterocycles. The summed E-state index contributed by atoms with van der Waals surface area (Å²) in [4.78, 5) is 26.5. The lowest BCUT2D eigenvalue weighted by molar-refractivity contribution is -0.577. The molecule has 0 unspecified atom stereocenters. The number of fused-ring (bicyclic) bond motifs is 1. The lowest BCUT2D eigenvalue weighted by Crippen LogP contribution is -2.41. The number of aryl methyl sites for hydroxylation is 2. The summed E-state index contributed by atoms with van der Waals surface area (Å²) >= 11 is 0. The van der Waals surface area contributed by atoms with Crippen LogP contribution < -0.4 is 9.88 Å². The molecule has 0 saturated carbocycles. The fourth-order valence-corrected chi connectivity index (χ4v) is 3.46. The first kappa shape index (κ1) is 16.9. The van der Waals surface area contributed by atoms with Gasteiger partial charge in [0.1, 0.15) is 0 Å². The van der Waals surface area contributed by atoms with Crippen LogP contribution in [0.5, 0.6) is 0 Å². The molecule has 0 bridgehead atoms. The zero-order chi connectivity index (χ0) is 19.0. The molecular weight excluding hydrogens is 336 g/mol. The highest BCUT2D eigenvalue weighted by Crippen LogP contribution is 2.28. The van der Waals surface area contributed by atoms with E-state index in [0.717, 1.165) is 16.8 Å². The molecule has 4 heteroatoms. The molecule has 0 saturated heterocycles. The van der Waals surface area contributed by atoms with E-state index in [-0.39, 0.29) is 11.6 Å². The van der Waals surface area contributed by atoms with Gasteiger partial charge in [0, 0.05) is 28.9 Å². The largest absolute Gasteiger partial charge is 0.347 e. The van der Waals surface area contributed by atoms with Crippen molar-refractivity contribution < 1.29 is 14.2 Å². The van der Waals surface area contributed by atoms with Gasteiger partial charge in [0.05, 0.1) is 0 Å². The zero-order valence-corrected chi connectivity index (χ0v) is 15.2. The lowest BCUT2D eigenvalue weighted by atomic mass is 9.90. The van der Waals surface area contributed by atoms with Crippen LogP contribution in [0.2, 0.25) is 0 Å². The summed E-state index contributed by atoms with van der Waals surface area (Å²) in [6.07, 6.45) is 3.55. The Morgan fingerprint density at radius 2 is 1.33 bits per heavy atom. The van der Waals surface area contributed by atoms with Gasteiger partial charge < -0.3 is 5.32 Å². The monoisotopic (exact) mass is 355 g/mol. The number of benzene rings is 2. The molecule has 1 aliphatic carbocycles. The first-order chi connectivity index (χ1) is 13.0. The van der Waals surface area contributed by atoms with E-state index in [0.29, 0.717) is 22.5 Å². The maximum atomic E-state index is 13.2. The minimum Gasteiger partial charge on any atom is -0.347 e. The maximum absolute atomic E-state index is 13.2. The summed E-state index contributed by atoms with van der Waals surface area (Å²) in [5, 5.41) is 3.22. The Balaban J connectivity index is 1.92. The minimum atomic E-state index is -0.185. The van der Waals surface area contributed by atoms with E-state index in [2.05, 4.69) is 11.4 Å². The Morgan fingerprint density at radius 3 is 1.96 bits per heavy atom. The van der Waals surface area contributed by atoms with Crippen molar-refractivity contribution in [1.29, 1.82) is 0 Å². The van der Waals surface area contributed by atoms with Gasteiger partial charge in [-0.25, -0.2) is 0 Å². The van der Waals surface area contributed by atoms with Crippen LogP contribution in [0.15, 0.2) is 78.8 Å². The van der Waals surface area contributed by atoms with Crippen molar-refractivity contribution in [2.75, 3.05) is 5.32 Å². The number of carbonyl (C=O) groups is 2. The molecule has 27 heavy (non-hydrogen) atoms. The molecule has 4 nitrogen and oxygen atoms in total. The second kappa shape index (κ2) is 6.65. The molecule has 0 amide bonds. The average Bonchev–Trinajstić information content (AvgIpc) is 2.66. The maximum Gasteiger partial charge on any atom is 0.286 e. The van der Waals surface area contributed by atoms with Crippen LogP contribution in [-0.2, 0) is 0 Å². The Bertz CT molecular complexity index is 1080. The smallest absolute Gasteiger partial charge is 0.286 e. The number of hydrogen-bond donors (Lipinski definition) is 1. The molecule has 1 N–H and O–H groups in total. The van der Waals surface area contributed by atoms with E-state index in [9.17, 15) is 9.59 Å². The highest BCUT2D eigenvalue weighted by atomic mass is 16.1. The van der Waals surface area contributed by atoms with Gasteiger partial charge in [-0.1, -0.05) is 36.4 Å². The SMILES string of the molecule is Cc1cc(C)cc(NC2=C([n+]3ccccc3)C(=O)c3ccccc3C2=O)c1.